The largest absolute Gasteiger partial charge is 0.334 e. The van der Waals surface area contributed by atoms with Crippen LogP contribution in [-0.4, -0.2) is 39.7 Å². The van der Waals surface area contributed by atoms with E-state index in [9.17, 15) is 4.79 Å². The van der Waals surface area contributed by atoms with Crippen LogP contribution < -0.4 is 5.73 Å². The van der Waals surface area contributed by atoms with E-state index < -0.39 is 0 Å². The SMILES string of the molecule is CCn1nc(C)cc1C(=O)N(C)C(C)(C)CN. The Morgan fingerprint density at radius 3 is 2.65 bits per heavy atom. The van der Waals surface area contributed by atoms with E-state index in [2.05, 4.69) is 5.10 Å². The molecule has 1 rings (SSSR count). The van der Waals surface area contributed by atoms with Crippen LogP contribution in [-0.2, 0) is 6.54 Å². The Kier molecular flexibility index (Phi) is 3.93. The zero-order valence-electron chi connectivity index (χ0n) is 11.3. The molecule has 1 amide bonds. The molecule has 0 saturated carbocycles. The van der Waals surface area contributed by atoms with Crippen LogP contribution in [0.1, 0.15) is 37.0 Å². The van der Waals surface area contributed by atoms with E-state index in [0.717, 1.165) is 5.69 Å². The number of amides is 1. The van der Waals surface area contributed by atoms with Gasteiger partial charge in [0.2, 0.25) is 0 Å². The molecule has 0 spiro atoms. The van der Waals surface area contributed by atoms with Crippen molar-refractivity contribution in [3.63, 3.8) is 0 Å². The third-order valence-corrected chi connectivity index (χ3v) is 3.13. The molecule has 0 aliphatic rings. The number of hydrogen-bond donors (Lipinski definition) is 1. The molecular formula is C12H22N4O. The summed E-state index contributed by atoms with van der Waals surface area (Å²) in [6.45, 7) is 8.86. The first kappa shape index (κ1) is 13.7. The molecule has 0 saturated heterocycles. The van der Waals surface area contributed by atoms with Crippen molar-refractivity contribution < 1.29 is 4.79 Å². The molecule has 1 aromatic rings. The Hall–Kier alpha value is -1.36. The van der Waals surface area contributed by atoms with Crippen molar-refractivity contribution in [2.75, 3.05) is 13.6 Å². The minimum atomic E-state index is -0.353. The number of likely N-dealkylation sites (N-methyl/N-ethyl adjacent to an activating group) is 1. The normalized spacial score (nSPS) is 11.6. The number of aromatic nitrogens is 2. The molecule has 2 N–H and O–H groups in total. The van der Waals surface area contributed by atoms with E-state index in [4.69, 9.17) is 5.73 Å². The lowest BCUT2D eigenvalue weighted by Crippen LogP contribution is -2.50. The van der Waals surface area contributed by atoms with Gasteiger partial charge in [-0.15, -0.1) is 0 Å². The number of nitrogens with two attached hydrogens (primary N) is 1. The summed E-state index contributed by atoms with van der Waals surface area (Å²) in [6.07, 6.45) is 0. The van der Waals surface area contributed by atoms with Gasteiger partial charge in [0.25, 0.3) is 5.91 Å². The summed E-state index contributed by atoms with van der Waals surface area (Å²) in [5, 5.41) is 4.28. The second-order valence-corrected chi connectivity index (χ2v) is 4.87. The van der Waals surface area contributed by atoms with Gasteiger partial charge in [0.1, 0.15) is 5.69 Å². The van der Waals surface area contributed by atoms with Crippen molar-refractivity contribution in [2.45, 2.75) is 39.8 Å². The van der Waals surface area contributed by atoms with Crippen molar-refractivity contribution >= 4 is 5.91 Å². The Balaban J connectivity index is 3.04. The summed E-state index contributed by atoms with van der Waals surface area (Å²) in [5.41, 5.74) is 6.80. The first-order valence-corrected chi connectivity index (χ1v) is 5.86. The van der Waals surface area contributed by atoms with Gasteiger partial charge in [0, 0.05) is 25.7 Å². The van der Waals surface area contributed by atoms with Gasteiger partial charge in [-0.25, -0.2) is 0 Å². The zero-order chi connectivity index (χ0) is 13.2. The van der Waals surface area contributed by atoms with Gasteiger partial charge in [-0.1, -0.05) is 0 Å². The van der Waals surface area contributed by atoms with Crippen LogP contribution >= 0.6 is 0 Å². The summed E-state index contributed by atoms with van der Waals surface area (Å²) < 4.78 is 1.72. The zero-order valence-corrected chi connectivity index (χ0v) is 11.3. The van der Waals surface area contributed by atoms with Crippen molar-refractivity contribution in [2.24, 2.45) is 5.73 Å². The van der Waals surface area contributed by atoms with Crippen LogP contribution in [0.3, 0.4) is 0 Å². The van der Waals surface area contributed by atoms with E-state index >= 15 is 0 Å². The number of aryl methyl sites for hydroxylation is 2. The number of rotatable bonds is 4. The maximum Gasteiger partial charge on any atom is 0.272 e. The third-order valence-electron chi connectivity index (χ3n) is 3.13. The molecule has 0 radical (unpaired) electrons. The molecule has 0 aromatic carbocycles. The molecule has 0 aliphatic heterocycles. The maximum atomic E-state index is 12.4. The molecule has 1 heterocycles. The number of carbonyl (C=O) groups is 1. The molecule has 1 aromatic heterocycles. The van der Waals surface area contributed by atoms with Crippen LogP contribution in [0.4, 0.5) is 0 Å². The molecular weight excluding hydrogens is 216 g/mol. The first-order chi connectivity index (χ1) is 7.83. The van der Waals surface area contributed by atoms with Gasteiger partial charge in [0.05, 0.1) is 5.69 Å². The average Bonchev–Trinajstić information content (AvgIpc) is 2.68. The van der Waals surface area contributed by atoms with Gasteiger partial charge in [0.15, 0.2) is 0 Å². The minimum absolute atomic E-state index is 0.0390. The Morgan fingerprint density at radius 1 is 1.59 bits per heavy atom. The predicted molar refractivity (Wildman–Crippen MR) is 67.9 cm³/mol. The second kappa shape index (κ2) is 4.87. The summed E-state index contributed by atoms with van der Waals surface area (Å²) in [7, 11) is 1.78. The molecule has 0 fully saturated rings. The Labute approximate surface area is 103 Å². The van der Waals surface area contributed by atoms with Crippen molar-refractivity contribution in [3.05, 3.63) is 17.5 Å². The molecule has 0 aliphatic carbocycles. The van der Waals surface area contributed by atoms with E-state index in [1.807, 2.05) is 33.8 Å². The van der Waals surface area contributed by atoms with Crippen LogP contribution in [0.5, 0.6) is 0 Å². The number of nitrogens with zero attached hydrogens (tertiary/aromatic N) is 3. The molecule has 17 heavy (non-hydrogen) atoms. The number of hydrogen-bond acceptors (Lipinski definition) is 3. The highest BCUT2D eigenvalue weighted by Gasteiger charge is 2.28. The Bertz CT molecular complexity index is 409. The van der Waals surface area contributed by atoms with Crippen LogP contribution in [0.15, 0.2) is 6.07 Å². The monoisotopic (exact) mass is 238 g/mol. The highest BCUT2D eigenvalue weighted by atomic mass is 16.2. The summed E-state index contributed by atoms with van der Waals surface area (Å²) in [6, 6.07) is 1.81. The fraction of sp³-hybridized carbons (Fsp3) is 0.667. The van der Waals surface area contributed by atoms with E-state index in [0.29, 0.717) is 18.8 Å². The highest BCUT2D eigenvalue weighted by molar-refractivity contribution is 5.93. The topological polar surface area (TPSA) is 64.2 Å². The quantitative estimate of drug-likeness (QED) is 0.851. The van der Waals surface area contributed by atoms with E-state index in [-0.39, 0.29) is 11.4 Å². The van der Waals surface area contributed by atoms with Crippen molar-refractivity contribution in [1.29, 1.82) is 0 Å². The molecule has 5 heteroatoms. The van der Waals surface area contributed by atoms with Crippen molar-refractivity contribution in [3.8, 4) is 0 Å². The molecule has 0 unspecified atom stereocenters. The van der Waals surface area contributed by atoms with Crippen LogP contribution in [0.25, 0.3) is 0 Å². The lowest BCUT2D eigenvalue weighted by Gasteiger charge is -2.34. The standard InChI is InChI=1S/C12H22N4O/c1-6-16-10(7-9(2)14-16)11(17)15(5)12(3,4)8-13/h7H,6,8,13H2,1-5H3. The fourth-order valence-electron chi connectivity index (χ4n) is 1.54. The molecule has 0 atom stereocenters. The third kappa shape index (κ3) is 2.66. The van der Waals surface area contributed by atoms with Gasteiger partial charge in [-0.05, 0) is 33.8 Å². The fourth-order valence-corrected chi connectivity index (χ4v) is 1.54. The maximum absolute atomic E-state index is 12.4. The number of carbonyl (C=O) groups excluding carboxylic acids is 1. The summed E-state index contributed by atoms with van der Waals surface area (Å²) in [4.78, 5) is 14.0. The minimum Gasteiger partial charge on any atom is -0.334 e. The molecule has 0 bridgehead atoms. The predicted octanol–water partition coefficient (Wildman–Crippen LogP) is 1.02. The van der Waals surface area contributed by atoms with Gasteiger partial charge in [-0.2, -0.15) is 5.10 Å². The van der Waals surface area contributed by atoms with Crippen molar-refractivity contribution in [1.82, 2.24) is 14.7 Å². The molecule has 5 nitrogen and oxygen atoms in total. The van der Waals surface area contributed by atoms with Gasteiger partial charge >= 0.3 is 0 Å². The summed E-state index contributed by atoms with van der Waals surface area (Å²) >= 11 is 0. The van der Waals surface area contributed by atoms with Gasteiger partial charge < -0.3 is 10.6 Å². The van der Waals surface area contributed by atoms with Gasteiger partial charge in [-0.3, -0.25) is 9.48 Å². The smallest absolute Gasteiger partial charge is 0.272 e. The first-order valence-electron chi connectivity index (χ1n) is 5.86. The van der Waals surface area contributed by atoms with E-state index in [1.54, 1.807) is 16.6 Å². The van der Waals surface area contributed by atoms with E-state index in [1.165, 1.54) is 0 Å². The molecule has 96 valence electrons. The van der Waals surface area contributed by atoms with Crippen LogP contribution in [0.2, 0.25) is 0 Å². The van der Waals surface area contributed by atoms with Crippen LogP contribution in [0, 0.1) is 6.92 Å². The second-order valence-electron chi connectivity index (χ2n) is 4.87. The lowest BCUT2D eigenvalue weighted by molar-refractivity contribution is 0.0627. The highest BCUT2D eigenvalue weighted by Crippen LogP contribution is 2.15. The lowest BCUT2D eigenvalue weighted by atomic mass is 10.0. The average molecular weight is 238 g/mol. The summed E-state index contributed by atoms with van der Waals surface area (Å²) in [5.74, 6) is -0.0390. The Morgan fingerprint density at radius 2 is 2.18 bits per heavy atom.